The number of amides is 2. The molecule has 0 radical (unpaired) electrons. The first-order valence-electron chi connectivity index (χ1n) is 8.09. The Morgan fingerprint density at radius 1 is 1.04 bits per heavy atom. The van der Waals surface area contributed by atoms with Crippen LogP contribution < -0.4 is 10.6 Å². The minimum Gasteiger partial charge on any atom is -0.343 e. The minimum absolute atomic E-state index is 0.0475. The van der Waals surface area contributed by atoms with Gasteiger partial charge in [0.25, 0.3) is 5.91 Å². The average molecular weight is 396 g/mol. The number of carbonyl (C=O) groups is 2. The second-order valence-electron chi connectivity index (χ2n) is 5.98. The molecule has 0 saturated carbocycles. The number of alkyl halides is 3. The Morgan fingerprint density at radius 3 is 2.33 bits per heavy atom. The number of nitrogens with one attached hydrogen (secondary N) is 2. The van der Waals surface area contributed by atoms with Crippen molar-refractivity contribution in [3.05, 3.63) is 59.2 Å². The van der Waals surface area contributed by atoms with E-state index in [0.717, 1.165) is 10.5 Å². The molecular formula is C19H19F3N2O2S. The summed E-state index contributed by atoms with van der Waals surface area (Å²) >= 11 is 1.37. The van der Waals surface area contributed by atoms with Gasteiger partial charge in [0.05, 0.1) is 5.75 Å². The van der Waals surface area contributed by atoms with Crippen molar-refractivity contribution >= 4 is 29.3 Å². The van der Waals surface area contributed by atoms with Crippen molar-refractivity contribution in [1.29, 1.82) is 0 Å². The van der Waals surface area contributed by atoms with E-state index in [1.165, 1.54) is 23.9 Å². The van der Waals surface area contributed by atoms with Gasteiger partial charge in [-0.3, -0.25) is 9.59 Å². The summed E-state index contributed by atoms with van der Waals surface area (Å²) in [4.78, 5) is 25.0. The van der Waals surface area contributed by atoms with E-state index in [2.05, 4.69) is 5.32 Å². The summed E-state index contributed by atoms with van der Waals surface area (Å²) in [5.74, 6) is -0.944. The van der Waals surface area contributed by atoms with Crippen LogP contribution in [0, 0.1) is 13.8 Å². The number of hydrogen-bond acceptors (Lipinski definition) is 3. The monoisotopic (exact) mass is 396 g/mol. The summed E-state index contributed by atoms with van der Waals surface area (Å²) < 4.78 is 36.7. The number of halogens is 3. The third kappa shape index (κ3) is 6.97. The van der Waals surface area contributed by atoms with Crippen LogP contribution in [0.4, 0.5) is 18.9 Å². The number of aryl methyl sites for hydroxylation is 2. The van der Waals surface area contributed by atoms with Crippen LogP contribution in [0.1, 0.15) is 21.5 Å². The molecule has 2 aromatic carbocycles. The summed E-state index contributed by atoms with van der Waals surface area (Å²) in [6, 6.07) is 12.1. The van der Waals surface area contributed by atoms with E-state index < -0.39 is 18.6 Å². The van der Waals surface area contributed by atoms with Gasteiger partial charge < -0.3 is 10.6 Å². The van der Waals surface area contributed by atoms with E-state index >= 15 is 0 Å². The van der Waals surface area contributed by atoms with E-state index in [0.29, 0.717) is 11.3 Å². The fourth-order valence-corrected chi connectivity index (χ4v) is 2.85. The summed E-state index contributed by atoms with van der Waals surface area (Å²) in [6.45, 7) is 2.30. The van der Waals surface area contributed by atoms with Crippen molar-refractivity contribution in [3.63, 3.8) is 0 Å². The second-order valence-corrected chi connectivity index (χ2v) is 7.03. The van der Waals surface area contributed by atoms with Gasteiger partial charge in [-0.1, -0.05) is 23.8 Å². The molecule has 0 bridgehead atoms. The molecule has 0 atom stereocenters. The normalized spacial score (nSPS) is 11.1. The lowest BCUT2D eigenvalue weighted by Crippen LogP contribution is -2.33. The third-order valence-electron chi connectivity index (χ3n) is 3.61. The van der Waals surface area contributed by atoms with Crippen molar-refractivity contribution < 1.29 is 22.8 Å². The van der Waals surface area contributed by atoms with E-state index in [4.69, 9.17) is 0 Å². The zero-order valence-electron chi connectivity index (χ0n) is 14.8. The average Bonchev–Trinajstić information content (AvgIpc) is 2.60. The highest BCUT2D eigenvalue weighted by Gasteiger charge is 2.28. The molecule has 144 valence electrons. The van der Waals surface area contributed by atoms with Crippen molar-refractivity contribution in [2.24, 2.45) is 0 Å². The number of thioether (sulfide) groups is 1. The first kappa shape index (κ1) is 20.8. The van der Waals surface area contributed by atoms with Gasteiger partial charge in [-0.25, -0.2) is 0 Å². The Bertz CT molecular complexity index is 821. The lowest BCUT2D eigenvalue weighted by molar-refractivity contribution is -0.123. The maximum Gasteiger partial charge on any atom is 0.405 e. The van der Waals surface area contributed by atoms with E-state index in [1.807, 2.05) is 36.5 Å². The number of anilines is 1. The van der Waals surface area contributed by atoms with Crippen molar-refractivity contribution in [1.82, 2.24) is 5.32 Å². The molecule has 2 amide bonds. The Hall–Kier alpha value is -2.48. The van der Waals surface area contributed by atoms with Crippen LogP contribution in [0.25, 0.3) is 0 Å². The van der Waals surface area contributed by atoms with E-state index in [-0.39, 0.29) is 17.2 Å². The van der Waals surface area contributed by atoms with Gasteiger partial charge in [-0.05, 0) is 43.7 Å². The van der Waals surface area contributed by atoms with E-state index in [1.54, 1.807) is 13.0 Å². The number of rotatable bonds is 6. The Balaban J connectivity index is 1.97. The number of hydrogen-bond donors (Lipinski definition) is 2. The molecule has 0 aromatic heterocycles. The quantitative estimate of drug-likeness (QED) is 0.715. The maximum absolute atomic E-state index is 12.2. The molecule has 0 saturated heterocycles. The van der Waals surface area contributed by atoms with Crippen LogP contribution >= 0.6 is 11.8 Å². The summed E-state index contributed by atoms with van der Waals surface area (Å²) in [5, 5.41) is 4.51. The third-order valence-corrected chi connectivity index (χ3v) is 4.63. The summed E-state index contributed by atoms with van der Waals surface area (Å²) in [5.41, 5.74) is 2.27. The van der Waals surface area contributed by atoms with Gasteiger partial charge in [0, 0.05) is 16.1 Å². The number of benzene rings is 2. The molecular weight excluding hydrogens is 377 g/mol. The molecule has 8 heteroatoms. The molecule has 0 aliphatic rings. The zero-order valence-corrected chi connectivity index (χ0v) is 15.6. The van der Waals surface area contributed by atoms with Crippen LogP contribution in [0.5, 0.6) is 0 Å². The fourth-order valence-electron chi connectivity index (χ4n) is 2.15. The highest BCUT2D eigenvalue weighted by atomic mass is 32.2. The largest absolute Gasteiger partial charge is 0.405 e. The fraction of sp³-hybridized carbons (Fsp3) is 0.263. The molecule has 0 spiro atoms. The highest BCUT2D eigenvalue weighted by Crippen LogP contribution is 2.21. The van der Waals surface area contributed by atoms with Crippen molar-refractivity contribution in [3.8, 4) is 0 Å². The lowest BCUT2D eigenvalue weighted by Gasteiger charge is -2.12. The van der Waals surface area contributed by atoms with Crippen molar-refractivity contribution in [2.45, 2.75) is 24.9 Å². The molecule has 0 heterocycles. The molecule has 2 N–H and O–H groups in total. The van der Waals surface area contributed by atoms with Gasteiger partial charge in [0.15, 0.2) is 0 Å². The zero-order chi connectivity index (χ0) is 20.0. The first-order chi connectivity index (χ1) is 12.6. The predicted molar refractivity (Wildman–Crippen MR) is 100 cm³/mol. The van der Waals surface area contributed by atoms with Crippen LogP contribution in [0.2, 0.25) is 0 Å². The first-order valence-corrected chi connectivity index (χ1v) is 9.07. The molecule has 4 nitrogen and oxygen atoms in total. The molecule has 0 unspecified atom stereocenters. The van der Waals surface area contributed by atoms with Crippen LogP contribution in [0.15, 0.2) is 47.4 Å². The molecule has 2 rings (SSSR count). The standard InChI is InChI=1S/C19H19F3N2O2S/c1-12-3-7-15(8-4-12)27-10-17(25)24-16-9-14(6-5-13(16)2)18(26)23-11-19(20,21)22/h3-9H,10-11H2,1-2H3,(H,23,26)(H,24,25). The van der Waals surface area contributed by atoms with Gasteiger partial charge in [0.1, 0.15) is 6.54 Å². The second kappa shape index (κ2) is 8.94. The minimum atomic E-state index is -4.48. The SMILES string of the molecule is Cc1ccc(SCC(=O)Nc2cc(C(=O)NCC(F)(F)F)ccc2C)cc1. The van der Waals surface area contributed by atoms with Gasteiger partial charge in [0.2, 0.25) is 5.91 Å². The predicted octanol–water partition coefficient (Wildman–Crippen LogP) is 4.33. The molecule has 27 heavy (non-hydrogen) atoms. The summed E-state index contributed by atoms with van der Waals surface area (Å²) in [7, 11) is 0. The smallest absolute Gasteiger partial charge is 0.343 e. The summed E-state index contributed by atoms with van der Waals surface area (Å²) in [6.07, 6.45) is -4.48. The van der Waals surface area contributed by atoms with E-state index in [9.17, 15) is 22.8 Å². The maximum atomic E-state index is 12.2. The van der Waals surface area contributed by atoms with Gasteiger partial charge in [-0.2, -0.15) is 13.2 Å². The number of carbonyl (C=O) groups excluding carboxylic acids is 2. The van der Waals surface area contributed by atoms with Crippen LogP contribution in [0.3, 0.4) is 0 Å². The molecule has 0 aliphatic carbocycles. The van der Waals surface area contributed by atoms with Crippen LogP contribution in [-0.2, 0) is 4.79 Å². The Labute approximate surface area is 159 Å². The van der Waals surface area contributed by atoms with Gasteiger partial charge >= 0.3 is 6.18 Å². The van der Waals surface area contributed by atoms with Gasteiger partial charge in [-0.15, -0.1) is 11.8 Å². The lowest BCUT2D eigenvalue weighted by atomic mass is 10.1. The molecule has 2 aromatic rings. The molecule has 0 fully saturated rings. The Kier molecular flexibility index (Phi) is 6.90. The molecule has 0 aliphatic heterocycles. The highest BCUT2D eigenvalue weighted by molar-refractivity contribution is 8.00. The van der Waals surface area contributed by atoms with Crippen LogP contribution in [-0.4, -0.2) is 30.3 Å². The van der Waals surface area contributed by atoms with Crippen molar-refractivity contribution in [2.75, 3.05) is 17.6 Å². The Morgan fingerprint density at radius 2 is 1.70 bits per heavy atom. The topological polar surface area (TPSA) is 58.2 Å².